The molecule has 3 amide bonds. The van der Waals surface area contributed by atoms with Crippen molar-refractivity contribution < 1.29 is 60.0 Å². The number of piperidine rings is 2. The normalized spacial score (nSPS) is 13.8. The van der Waals surface area contributed by atoms with Gasteiger partial charge in [0.1, 0.15) is 40.4 Å². The van der Waals surface area contributed by atoms with Gasteiger partial charge in [0.15, 0.2) is 22.8 Å². The number of nitrogens with one attached hydrogen (secondary N) is 8. The molecule has 0 radical (unpaired) electrons. The third kappa shape index (κ3) is 22.3. The summed E-state index contributed by atoms with van der Waals surface area (Å²) in [6.07, 6.45) is 10.6. The van der Waals surface area contributed by atoms with E-state index in [9.17, 15) is 55.1 Å². The third-order valence-corrected chi connectivity index (χ3v) is 22.5. The molecule has 1 aliphatic carbocycles. The topological polar surface area (TPSA) is 393 Å². The van der Waals surface area contributed by atoms with E-state index >= 15 is 0 Å². The molecule has 2 saturated heterocycles. The highest BCUT2D eigenvalue weighted by Gasteiger charge is 2.34. The molecule has 33 nitrogen and oxygen atoms in total. The van der Waals surface area contributed by atoms with Gasteiger partial charge >= 0.3 is 12.5 Å². The van der Waals surface area contributed by atoms with Crippen LogP contribution in [-0.4, -0.2) is 174 Å². The van der Waals surface area contributed by atoms with E-state index in [1.54, 1.807) is 16.1 Å². The smallest absolute Gasteiger partial charge is 0.406 e. The van der Waals surface area contributed by atoms with Crippen molar-refractivity contribution in [2.75, 3.05) is 76.0 Å². The van der Waals surface area contributed by atoms with Gasteiger partial charge in [-0.2, -0.15) is 38.3 Å². The van der Waals surface area contributed by atoms with Crippen molar-refractivity contribution in [3.05, 3.63) is 281 Å². The Kier molecular flexibility index (Phi) is 28.2. The number of carbonyl (C=O) groups is 3. The number of aromatic amines is 2. The van der Waals surface area contributed by atoms with E-state index in [4.69, 9.17) is 14.7 Å². The minimum Gasteiger partial charge on any atom is -0.406 e. The number of nitrogens with zero attached hydrogens (tertiary/aromatic N) is 15. The molecule has 0 saturated carbocycles. The number of likely N-dealkylation sites (tertiary alicyclic amines) is 2. The van der Waals surface area contributed by atoms with Crippen LogP contribution in [0.1, 0.15) is 140 Å². The van der Waals surface area contributed by atoms with Crippen LogP contribution in [0.5, 0.6) is 5.75 Å². The van der Waals surface area contributed by atoms with Crippen LogP contribution in [0.25, 0.3) is 50.2 Å². The fraction of sp³-hybridized carbons (Fsp3) is 0.297. The van der Waals surface area contributed by atoms with Crippen molar-refractivity contribution in [1.29, 1.82) is 0 Å². The number of amides is 3. The van der Waals surface area contributed by atoms with Crippen molar-refractivity contribution in [2.24, 2.45) is 0 Å². The van der Waals surface area contributed by atoms with Gasteiger partial charge in [0.2, 0.25) is 34.1 Å². The molecule has 0 unspecified atom stereocenters. The molecule has 0 spiro atoms. The number of hydrogen-bond donors (Lipinski definition) is 8. The predicted octanol–water partition coefficient (Wildman–Crippen LogP) is 13.3. The molecule has 39 heteroatoms. The maximum Gasteiger partial charge on any atom is 0.573 e. The van der Waals surface area contributed by atoms with Crippen molar-refractivity contribution in [1.82, 2.24) is 100 Å². The van der Waals surface area contributed by atoms with E-state index < -0.39 is 58.8 Å². The highest BCUT2D eigenvalue weighted by atomic mass is 19.4. The average Bonchev–Trinajstić information content (AvgIpc) is 1.32. The third-order valence-electron chi connectivity index (χ3n) is 22.5. The first kappa shape index (κ1) is 90.3. The maximum atomic E-state index is 13.3. The molecule has 6 aromatic carbocycles. The molecule has 3 aliphatic rings. The van der Waals surface area contributed by atoms with Crippen LogP contribution in [0.15, 0.2) is 197 Å². The maximum absolute atomic E-state index is 13.3. The predicted molar refractivity (Wildman–Crippen MR) is 472 cm³/mol. The summed E-state index contributed by atoms with van der Waals surface area (Å²) in [7, 11) is 2.54. The van der Waals surface area contributed by atoms with E-state index in [2.05, 4.69) is 133 Å². The van der Waals surface area contributed by atoms with E-state index in [-0.39, 0.29) is 62.9 Å². The Balaban J connectivity index is 0.000000150. The number of pyridine rings is 3. The van der Waals surface area contributed by atoms with E-state index in [0.717, 1.165) is 141 Å². The molecule has 0 atom stereocenters. The number of halogens is 6. The number of hydrogen-bond acceptors (Lipinski definition) is 25. The zero-order valence-electron chi connectivity index (χ0n) is 71.3. The Bertz CT molecular complexity index is 6550. The molecule has 672 valence electrons. The Hall–Kier alpha value is -14.5. The number of aryl methyl sites for hydroxylation is 6. The molecule has 14 aromatic rings. The first-order chi connectivity index (χ1) is 62.8. The molecule has 10 heterocycles. The number of ether oxygens (including phenoxy) is 1. The van der Waals surface area contributed by atoms with Gasteiger partial charge in [0.25, 0.3) is 17.7 Å². The van der Waals surface area contributed by atoms with Gasteiger partial charge in [0.05, 0.1) is 43.5 Å². The Morgan fingerprint density at radius 2 is 0.954 bits per heavy atom. The minimum atomic E-state index is -4.86. The van der Waals surface area contributed by atoms with Crippen molar-refractivity contribution >= 4 is 85.7 Å². The molecular formula is C91H91F6N23O10. The van der Waals surface area contributed by atoms with E-state index in [1.165, 1.54) is 96.0 Å². The van der Waals surface area contributed by atoms with Gasteiger partial charge in [-0.25, -0.2) is 41.4 Å². The Morgan fingerprint density at radius 3 is 1.40 bits per heavy atom. The zero-order chi connectivity index (χ0) is 91.2. The van der Waals surface area contributed by atoms with Crippen LogP contribution >= 0.6 is 0 Å². The number of alkyl halides is 6. The lowest BCUT2D eigenvalue weighted by atomic mass is 9.89. The molecule has 8 aromatic heterocycles. The van der Waals surface area contributed by atoms with Gasteiger partial charge in [-0.1, -0.05) is 61.5 Å². The summed E-state index contributed by atoms with van der Waals surface area (Å²) in [6, 6.07) is 42.5. The Morgan fingerprint density at radius 1 is 0.500 bits per heavy atom. The number of H-pyrrole nitrogens is 2. The number of anilines is 6. The van der Waals surface area contributed by atoms with Crippen LogP contribution in [0.4, 0.5) is 61.2 Å². The van der Waals surface area contributed by atoms with Gasteiger partial charge in [-0.15, -0.1) is 13.2 Å². The van der Waals surface area contributed by atoms with Gasteiger partial charge in [0, 0.05) is 90.7 Å². The molecule has 130 heavy (non-hydrogen) atoms. The van der Waals surface area contributed by atoms with Gasteiger partial charge in [-0.05, 0) is 228 Å². The van der Waals surface area contributed by atoms with Crippen LogP contribution in [0.3, 0.4) is 0 Å². The van der Waals surface area contributed by atoms with E-state index in [0.29, 0.717) is 66.2 Å². The summed E-state index contributed by atoms with van der Waals surface area (Å²) in [6.45, 7) is 8.77. The van der Waals surface area contributed by atoms with Crippen LogP contribution in [0.2, 0.25) is 0 Å². The van der Waals surface area contributed by atoms with Gasteiger partial charge < -0.3 is 39.3 Å². The highest BCUT2D eigenvalue weighted by Crippen LogP contribution is 2.35. The average molecular weight is 1780 g/mol. The molecule has 8 N–H and O–H groups in total. The Labute approximate surface area is 738 Å². The monoisotopic (exact) mass is 1780 g/mol. The molecular weight excluding hydrogens is 1690 g/mol. The zero-order valence-corrected chi connectivity index (χ0v) is 71.3. The van der Waals surface area contributed by atoms with Crippen molar-refractivity contribution in [2.45, 2.75) is 116 Å². The number of rotatable bonds is 27. The lowest BCUT2D eigenvalue weighted by molar-refractivity contribution is -0.274. The summed E-state index contributed by atoms with van der Waals surface area (Å²) in [5.41, 5.74) is 16.6. The number of benzene rings is 6. The summed E-state index contributed by atoms with van der Waals surface area (Å²) < 4.78 is 85.1. The lowest BCUT2D eigenvalue weighted by Crippen LogP contribution is -2.39. The fourth-order valence-corrected chi connectivity index (χ4v) is 15.8. The number of fused-ring (bicyclic) bond motifs is 4. The summed E-state index contributed by atoms with van der Waals surface area (Å²) in [4.78, 5) is 131. The fourth-order valence-electron chi connectivity index (χ4n) is 15.8. The van der Waals surface area contributed by atoms with E-state index in [1.807, 2.05) is 97.9 Å². The largest absolute Gasteiger partial charge is 0.573 e. The van der Waals surface area contributed by atoms with Crippen molar-refractivity contribution in [3.63, 3.8) is 0 Å². The van der Waals surface area contributed by atoms with Crippen LogP contribution in [0, 0.1) is 6.92 Å². The summed E-state index contributed by atoms with van der Waals surface area (Å²) >= 11 is 0. The van der Waals surface area contributed by atoms with Crippen molar-refractivity contribution in [3.8, 4) is 22.8 Å². The second-order valence-electron chi connectivity index (χ2n) is 31.1. The number of carbonyl (C=O) groups excluding carboxylic acids is 3. The highest BCUT2D eigenvalue weighted by molar-refractivity contribution is 5.98. The summed E-state index contributed by atoms with van der Waals surface area (Å²) in [5.74, 6) is 1.35. The molecule has 17 rings (SSSR count). The molecule has 2 fully saturated rings. The molecule has 0 bridgehead atoms. The second-order valence-corrected chi connectivity index (χ2v) is 31.1. The number of hydroxylamine groups is 3. The molecule has 2 aliphatic heterocycles. The number of aromatic nitrogens is 15. The standard InChI is InChI=1S/C32H32F3N9O4.C31H33F3N6O3.C28H26N8O3/c1-19-37-27(41-40-19)13-16-43-14-11-21(12-15-43)20-3-5-22(6-4-20)38-31-36-17-25-28(45)26(30(46)42-47-2)18-44(29(25)39-31)23-7-9-24(10-8-23)48-32(33,34)35;1-3-20-5-11-24(12-6-20)40-18-26(29(42)38-43-4-2)27(41)25-17-35-30(37-28(25)40)36-23-9-7-21(8-10-23)22-13-15-39(16-14-22)19-31(32,33)34;1-39-35-27(38)23-15-36(21-11-8-18-3-2-4-19(18)13-21)26-22(25(23)37)14-29-28(33-26)32-20-9-5-17(6-10-20)7-12-24-30-16-31-34-24/h3-10,17-18,21H,11-16H2,1-2H3,(H,42,46)(H,36,38,39)(H,37,40,41);5-12,17-18,22H,3-4,13-16,19H2,1-2H3,(H,38,42)(H,35,36,37);5-6,8-11,13-16H,2-4,7,12H2,1H3,(H,35,38)(H,29,32,33)(H,30,31,34). The summed E-state index contributed by atoms with van der Waals surface area (Å²) in [5, 5.41) is 23.8. The first-order valence-corrected chi connectivity index (χ1v) is 42.1. The van der Waals surface area contributed by atoms with Crippen LogP contribution < -0.4 is 53.4 Å². The minimum absolute atomic E-state index is 0.0114. The van der Waals surface area contributed by atoms with Crippen LogP contribution in [-0.2, 0) is 53.0 Å². The first-order valence-electron chi connectivity index (χ1n) is 42.1. The SMILES string of the molecule is CCONC(=O)c1cn(-c2ccc(CC)cc2)c2nc(Nc3ccc(C4CCN(CC(F)(F)F)CC4)cc3)ncc2c1=O.CONC(=O)c1cn(-c2ccc(OC(F)(F)F)cc2)c2nc(Nc3ccc(C4CCN(CCc5n[nH]c(C)n5)CC4)cc3)ncc2c1=O.CONC(=O)c1cn(-c2ccc3c(c2)CCC3)c2nc(Nc3ccc(CCc4ncn[nH]4)cc3)ncc2c1=O. The second kappa shape index (κ2) is 40.6. The van der Waals surface area contributed by atoms with Gasteiger partial charge in [-0.3, -0.25) is 58.4 Å². The lowest BCUT2D eigenvalue weighted by Gasteiger charge is -2.32. The quantitative estimate of drug-likeness (QED) is 0.0175.